The molecule has 6 heteroatoms. The standard InChI is InChI=1S/C19H25N3O3/c1-3-7-18(19(25)21-14-24)22(2)12-17-15(8-4-5-11-20)9-6-10-16(17)13-23/h6,9-10,13-14,18H,3,5,7,11-12,20H2,1-2H3,(H,21,24,25). The summed E-state index contributed by atoms with van der Waals surface area (Å²) in [5.74, 6) is 5.68. The molecule has 1 aromatic rings. The van der Waals surface area contributed by atoms with E-state index in [1.165, 1.54) is 0 Å². The van der Waals surface area contributed by atoms with Gasteiger partial charge in [0.25, 0.3) is 0 Å². The lowest BCUT2D eigenvalue weighted by Crippen LogP contribution is -2.44. The van der Waals surface area contributed by atoms with Crippen molar-refractivity contribution in [2.24, 2.45) is 5.73 Å². The summed E-state index contributed by atoms with van der Waals surface area (Å²) >= 11 is 0. The maximum absolute atomic E-state index is 12.1. The van der Waals surface area contributed by atoms with Crippen molar-refractivity contribution in [2.75, 3.05) is 13.6 Å². The van der Waals surface area contributed by atoms with Crippen molar-refractivity contribution < 1.29 is 14.4 Å². The van der Waals surface area contributed by atoms with E-state index < -0.39 is 6.04 Å². The molecule has 0 heterocycles. The fraction of sp³-hybridized carbons (Fsp3) is 0.421. The number of imide groups is 1. The van der Waals surface area contributed by atoms with Gasteiger partial charge in [-0.2, -0.15) is 0 Å². The zero-order chi connectivity index (χ0) is 18.7. The van der Waals surface area contributed by atoms with Gasteiger partial charge in [-0.05, 0) is 25.1 Å². The molecule has 25 heavy (non-hydrogen) atoms. The molecule has 0 aliphatic carbocycles. The predicted molar refractivity (Wildman–Crippen MR) is 96.7 cm³/mol. The number of hydrogen-bond donors (Lipinski definition) is 2. The summed E-state index contributed by atoms with van der Waals surface area (Å²) in [6.45, 7) is 2.82. The molecular formula is C19H25N3O3. The van der Waals surface area contributed by atoms with E-state index in [9.17, 15) is 14.4 Å². The van der Waals surface area contributed by atoms with Gasteiger partial charge in [0.2, 0.25) is 12.3 Å². The number of amides is 2. The second kappa shape index (κ2) is 11.1. The van der Waals surface area contributed by atoms with Gasteiger partial charge in [-0.15, -0.1) is 0 Å². The lowest BCUT2D eigenvalue weighted by atomic mass is 10.00. The number of hydrogen-bond acceptors (Lipinski definition) is 5. The third kappa shape index (κ3) is 6.14. The highest BCUT2D eigenvalue weighted by Crippen LogP contribution is 2.18. The molecule has 1 atom stereocenters. The summed E-state index contributed by atoms with van der Waals surface area (Å²) in [5, 5.41) is 2.21. The Morgan fingerprint density at radius 1 is 1.40 bits per heavy atom. The minimum atomic E-state index is -0.459. The molecule has 0 saturated carbocycles. The smallest absolute Gasteiger partial charge is 0.243 e. The molecule has 1 aromatic carbocycles. The Kier molecular flexibility index (Phi) is 9.15. The normalized spacial score (nSPS) is 11.4. The monoisotopic (exact) mass is 343 g/mol. The number of nitrogens with two attached hydrogens (primary N) is 1. The average Bonchev–Trinajstić information content (AvgIpc) is 2.61. The number of likely N-dealkylation sites (N-methyl/N-ethyl adjacent to an activating group) is 1. The molecule has 0 fully saturated rings. The van der Waals surface area contributed by atoms with Gasteiger partial charge in [0.15, 0.2) is 0 Å². The van der Waals surface area contributed by atoms with Crippen molar-refractivity contribution in [2.45, 2.75) is 38.8 Å². The molecule has 2 amide bonds. The van der Waals surface area contributed by atoms with Crippen LogP contribution in [0.5, 0.6) is 0 Å². The SMILES string of the molecule is CCCC(C(=O)NC=O)N(C)Cc1c(C#CCCN)cccc1C=O. The van der Waals surface area contributed by atoms with Crippen LogP contribution in [-0.4, -0.2) is 43.1 Å². The van der Waals surface area contributed by atoms with E-state index in [0.717, 1.165) is 23.8 Å². The van der Waals surface area contributed by atoms with E-state index in [1.54, 1.807) is 19.2 Å². The molecule has 0 spiro atoms. The number of carbonyl (C=O) groups excluding carboxylic acids is 3. The minimum Gasteiger partial charge on any atom is -0.330 e. The van der Waals surface area contributed by atoms with Crippen molar-refractivity contribution in [1.82, 2.24) is 10.2 Å². The molecule has 134 valence electrons. The molecule has 0 saturated heterocycles. The van der Waals surface area contributed by atoms with Crippen LogP contribution in [0.25, 0.3) is 0 Å². The van der Waals surface area contributed by atoms with Crippen LogP contribution in [0.1, 0.15) is 47.7 Å². The van der Waals surface area contributed by atoms with E-state index in [2.05, 4.69) is 17.2 Å². The van der Waals surface area contributed by atoms with Crippen LogP contribution in [-0.2, 0) is 16.1 Å². The molecular weight excluding hydrogens is 318 g/mol. The first-order chi connectivity index (χ1) is 12.1. The Bertz CT molecular complexity index is 662. The van der Waals surface area contributed by atoms with Crippen molar-refractivity contribution in [3.05, 3.63) is 34.9 Å². The lowest BCUT2D eigenvalue weighted by Gasteiger charge is -2.27. The number of carbonyl (C=O) groups is 3. The molecule has 1 rings (SSSR count). The van der Waals surface area contributed by atoms with Gasteiger partial charge >= 0.3 is 0 Å². The van der Waals surface area contributed by atoms with Gasteiger partial charge in [0, 0.05) is 30.6 Å². The minimum absolute atomic E-state index is 0.348. The number of nitrogens with one attached hydrogen (secondary N) is 1. The van der Waals surface area contributed by atoms with Crippen LogP contribution in [0.4, 0.5) is 0 Å². The topological polar surface area (TPSA) is 92.5 Å². The van der Waals surface area contributed by atoms with Gasteiger partial charge in [-0.1, -0.05) is 37.3 Å². The van der Waals surface area contributed by atoms with Gasteiger partial charge < -0.3 is 5.73 Å². The predicted octanol–water partition coefficient (Wildman–Crippen LogP) is 1.07. The summed E-state index contributed by atoms with van der Waals surface area (Å²) in [4.78, 5) is 35.9. The number of aldehydes is 1. The molecule has 0 bridgehead atoms. The molecule has 0 radical (unpaired) electrons. The van der Waals surface area contributed by atoms with Crippen LogP contribution in [0.15, 0.2) is 18.2 Å². The highest BCUT2D eigenvalue weighted by molar-refractivity contribution is 5.90. The molecule has 0 aromatic heterocycles. The Balaban J connectivity index is 3.13. The molecule has 0 aliphatic heterocycles. The van der Waals surface area contributed by atoms with Crippen molar-refractivity contribution in [1.29, 1.82) is 0 Å². The summed E-state index contributed by atoms with van der Waals surface area (Å²) in [6.07, 6.45) is 3.15. The Morgan fingerprint density at radius 3 is 2.76 bits per heavy atom. The highest BCUT2D eigenvalue weighted by Gasteiger charge is 2.23. The highest BCUT2D eigenvalue weighted by atomic mass is 16.2. The first-order valence-corrected chi connectivity index (χ1v) is 8.29. The maximum atomic E-state index is 12.1. The van der Waals surface area contributed by atoms with Crippen molar-refractivity contribution in [3.63, 3.8) is 0 Å². The van der Waals surface area contributed by atoms with Crippen LogP contribution >= 0.6 is 0 Å². The molecule has 6 nitrogen and oxygen atoms in total. The third-order valence-corrected chi connectivity index (χ3v) is 3.84. The van der Waals surface area contributed by atoms with Gasteiger partial charge in [-0.25, -0.2) is 0 Å². The number of rotatable bonds is 9. The molecule has 3 N–H and O–H groups in total. The zero-order valence-electron chi connectivity index (χ0n) is 14.7. The molecule has 1 unspecified atom stereocenters. The number of nitrogens with zero attached hydrogens (tertiary/aromatic N) is 1. The Hall–Kier alpha value is -2.49. The van der Waals surface area contributed by atoms with E-state index in [4.69, 9.17) is 5.73 Å². The first kappa shape index (κ1) is 20.6. The van der Waals surface area contributed by atoms with Gasteiger partial charge in [-0.3, -0.25) is 24.6 Å². The van der Waals surface area contributed by atoms with Crippen molar-refractivity contribution >= 4 is 18.6 Å². The summed E-state index contributed by atoms with van der Waals surface area (Å²) in [7, 11) is 1.80. The van der Waals surface area contributed by atoms with E-state index in [-0.39, 0.29) is 5.91 Å². The summed E-state index contributed by atoms with van der Waals surface area (Å²) < 4.78 is 0. The second-order valence-corrected chi connectivity index (χ2v) is 5.68. The summed E-state index contributed by atoms with van der Waals surface area (Å²) in [5.41, 5.74) is 7.52. The van der Waals surface area contributed by atoms with E-state index in [0.29, 0.717) is 37.9 Å². The Labute approximate surface area is 148 Å². The second-order valence-electron chi connectivity index (χ2n) is 5.68. The first-order valence-electron chi connectivity index (χ1n) is 8.29. The fourth-order valence-electron chi connectivity index (χ4n) is 2.58. The van der Waals surface area contributed by atoms with E-state index in [1.807, 2.05) is 17.9 Å². The van der Waals surface area contributed by atoms with Crippen LogP contribution < -0.4 is 11.1 Å². The lowest BCUT2D eigenvalue weighted by molar-refractivity contribution is -0.129. The maximum Gasteiger partial charge on any atom is 0.243 e. The summed E-state index contributed by atoms with van der Waals surface area (Å²) in [6, 6.07) is 4.90. The van der Waals surface area contributed by atoms with Crippen LogP contribution in [0.3, 0.4) is 0 Å². The molecule has 0 aliphatic rings. The zero-order valence-corrected chi connectivity index (χ0v) is 14.7. The fourth-order valence-corrected chi connectivity index (χ4v) is 2.58. The van der Waals surface area contributed by atoms with Crippen molar-refractivity contribution in [3.8, 4) is 11.8 Å². The largest absolute Gasteiger partial charge is 0.330 e. The Morgan fingerprint density at radius 2 is 2.16 bits per heavy atom. The van der Waals surface area contributed by atoms with Crippen LogP contribution in [0.2, 0.25) is 0 Å². The quantitative estimate of drug-likeness (QED) is 0.517. The van der Waals surface area contributed by atoms with Crippen LogP contribution in [0, 0.1) is 11.8 Å². The van der Waals surface area contributed by atoms with E-state index >= 15 is 0 Å². The average molecular weight is 343 g/mol. The van der Waals surface area contributed by atoms with Gasteiger partial charge in [0.05, 0.1) is 6.04 Å². The third-order valence-electron chi connectivity index (χ3n) is 3.84. The number of benzene rings is 1. The van der Waals surface area contributed by atoms with Gasteiger partial charge in [0.1, 0.15) is 6.29 Å².